The van der Waals surface area contributed by atoms with E-state index in [4.69, 9.17) is 10.2 Å². The van der Waals surface area contributed by atoms with Crippen LogP contribution in [0.25, 0.3) is 11.9 Å². The van der Waals surface area contributed by atoms with Gasteiger partial charge >= 0.3 is 6.09 Å². The van der Waals surface area contributed by atoms with Gasteiger partial charge in [0.1, 0.15) is 5.83 Å². The molecule has 1 aromatic heterocycles. The van der Waals surface area contributed by atoms with Crippen LogP contribution in [0.2, 0.25) is 0 Å². The van der Waals surface area contributed by atoms with Crippen molar-refractivity contribution >= 4 is 33.9 Å². The minimum absolute atomic E-state index is 0.0216. The maximum Gasteiger partial charge on any atom is 0.407 e. The lowest BCUT2D eigenvalue weighted by Crippen LogP contribution is -2.31. The molecule has 5 nitrogen and oxygen atoms in total. The largest absolute Gasteiger partial charge is 0.465 e. The topological polar surface area (TPSA) is 73.7 Å². The average Bonchev–Trinajstić information content (AvgIpc) is 2.58. The third-order valence-corrected chi connectivity index (χ3v) is 4.52. The van der Waals surface area contributed by atoms with Crippen LogP contribution >= 0.6 is 15.9 Å². The number of nitrogens with zero attached hydrogens (tertiary/aromatic N) is 2. The van der Waals surface area contributed by atoms with Gasteiger partial charge in [0.25, 0.3) is 0 Å². The van der Waals surface area contributed by atoms with E-state index in [1.165, 1.54) is 12.3 Å². The molecule has 0 bridgehead atoms. The Morgan fingerprint density at radius 1 is 1.36 bits per heavy atom. The van der Waals surface area contributed by atoms with Crippen molar-refractivity contribution < 1.29 is 19.4 Å². The number of amides is 1. The summed E-state index contributed by atoms with van der Waals surface area (Å²) in [6.07, 6.45) is 1.72. The summed E-state index contributed by atoms with van der Waals surface area (Å²) in [5, 5.41) is 17.9. The Morgan fingerprint density at radius 3 is 2.72 bits per heavy atom. The van der Waals surface area contributed by atoms with Gasteiger partial charge < -0.3 is 15.1 Å². The number of halogens is 2. The molecule has 1 heterocycles. The number of aliphatic hydroxyl groups is 1. The summed E-state index contributed by atoms with van der Waals surface area (Å²) in [4.78, 5) is 16.3. The molecule has 0 saturated heterocycles. The van der Waals surface area contributed by atoms with Crippen LogP contribution in [0.4, 0.5) is 9.18 Å². The second-order valence-corrected chi connectivity index (χ2v) is 6.28. The summed E-state index contributed by atoms with van der Waals surface area (Å²) >= 11 is 3.38. The van der Waals surface area contributed by atoms with Crippen molar-refractivity contribution in [3.8, 4) is 0 Å². The van der Waals surface area contributed by atoms with E-state index in [9.17, 15) is 9.18 Å². The highest BCUT2D eigenvalue weighted by Gasteiger charge is 2.12. The lowest BCUT2D eigenvalue weighted by Gasteiger charge is -2.17. The van der Waals surface area contributed by atoms with Gasteiger partial charge in [-0.15, -0.1) is 0 Å². The Morgan fingerprint density at radius 2 is 2.12 bits per heavy atom. The minimum atomic E-state index is -1.12. The van der Waals surface area contributed by atoms with E-state index in [-0.39, 0.29) is 19.7 Å². The van der Waals surface area contributed by atoms with Crippen LogP contribution < -0.4 is 0 Å². The van der Waals surface area contributed by atoms with E-state index >= 15 is 0 Å². The number of benzene rings is 1. The van der Waals surface area contributed by atoms with E-state index < -0.39 is 11.9 Å². The number of pyridine rings is 1. The quantitative estimate of drug-likeness (QED) is 0.754. The van der Waals surface area contributed by atoms with Crippen LogP contribution in [-0.4, -0.2) is 39.3 Å². The molecule has 0 aliphatic carbocycles. The first kappa shape index (κ1) is 19.1. The molecular weight excluding hydrogens is 391 g/mol. The molecule has 0 atom stereocenters. The molecule has 1 aromatic carbocycles. The van der Waals surface area contributed by atoms with Gasteiger partial charge in [0.05, 0.1) is 18.8 Å². The zero-order valence-corrected chi connectivity index (χ0v) is 15.2. The molecule has 2 rings (SSSR count). The second-order valence-electron chi connectivity index (χ2n) is 5.42. The van der Waals surface area contributed by atoms with Gasteiger partial charge in [-0.25, -0.2) is 9.18 Å². The van der Waals surface area contributed by atoms with Crippen LogP contribution in [-0.2, 0) is 6.54 Å². The van der Waals surface area contributed by atoms with Crippen LogP contribution in [0, 0.1) is 6.92 Å². The van der Waals surface area contributed by atoms with Gasteiger partial charge in [0.15, 0.2) is 0 Å². The smallest absolute Gasteiger partial charge is 0.407 e. The highest BCUT2D eigenvalue weighted by Crippen LogP contribution is 2.27. The first-order chi connectivity index (χ1) is 11.9. The number of aliphatic hydroxyl groups excluding tert-OH is 1. The third kappa shape index (κ3) is 5.11. The van der Waals surface area contributed by atoms with E-state index in [0.717, 1.165) is 14.9 Å². The van der Waals surface area contributed by atoms with Crippen molar-refractivity contribution in [1.29, 1.82) is 0 Å². The zero-order chi connectivity index (χ0) is 18.4. The Labute approximate surface area is 153 Å². The zero-order valence-electron chi connectivity index (χ0n) is 13.6. The van der Waals surface area contributed by atoms with Gasteiger partial charge in [-0.3, -0.25) is 4.98 Å². The summed E-state index contributed by atoms with van der Waals surface area (Å²) in [5.74, 6) is -0.397. The van der Waals surface area contributed by atoms with Crippen molar-refractivity contribution in [2.24, 2.45) is 0 Å². The molecule has 0 unspecified atom stereocenters. The van der Waals surface area contributed by atoms with Gasteiger partial charge in [-0.05, 0) is 30.2 Å². The molecule has 0 saturated carbocycles. The predicted molar refractivity (Wildman–Crippen MR) is 97.6 cm³/mol. The summed E-state index contributed by atoms with van der Waals surface area (Å²) in [6.45, 7) is 1.71. The van der Waals surface area contributed by atoms with E-state index in [2.05, 4.69) is 20.9 Å². The maximum absolute atomic E-state index is 14.5. The lowest BCUT2D eigenvalue weighted by atomic mass is 10.1. The Kier molecular flexibility index (Phi) is 6.66. The van der Waals surface area contributed by atoms with Gasteiger partial charge in [0.2, 0.25) is 0 Å². The number of hydrogen-bond donors (Lipinski definition) is 2. The van der Waals surface area contributed by atoms with Gasteiger partial charge in [-0.1, -0.05) is 34.1 Å². The fourth-order valence-electron chi connectivity index (χ4n) is 2.27. The van der Waals surface area contributed by atoms with E-state index in [1.54, 1.807) is 24.3 Å². The van der Waals surface area contributed by atoms with Crippen molar-refractivity contribution in [2.45, 2.75) is 13.5 Å². The number of hydrogen-bond acceptors (Lipinski definition) is 3. The van der Waals surface area contributed by atoms with Crippen LogP contribution in [0.5, 0.6) is 0 Å². The van der Waals surface area contributed by atoms with Crippen molar-refractivity contribution in [3.05, 3.63) is 63.4 Å². The molecule has 0 fully saturated rings. The SMILES string of the molecule is Cc1c(Br)cccc1C(F)=Cc1ccc(CN(CCO)C(=O)O)cn1. The first-order valence-electron chi connectivity index (χ1n) is 7.58. The molecule has 2 aromatic rings. The molecule has 2 N–H and O–H groups in total. The second kappa shape index (κ2) is 8.73. The molecule has 0 aliphatic rings. The summed E-state index contributed by atoms with van der Waals surface area (Å²) in [6, 6.07) is 8.62. The monoisotopic (exact) mass is 408 g/mol. The van der Waals surface area contributed by atoms with E-state index in [1.807, 2.05) is 13.0 Å². The molecule has 0 aliphatic heterocycles. The van der Waals surface area contributed by atoms with Crippen molar-refractivity contribution in [2.75, 3.05) is 13.2 Å². The summed E-state index contributed by atoms with van der Waals surface area (Å²) in [5.41, 5.74) is 2.38. The van der Waals surface area contributed by atoms with Gasteiger partial charge in [-0.2, -0.15) is 0 Å². The first-order valence-corrected chi connectivity index (χ1v) is 8.38. The molecule has 1 amide bonds. The highest BCUT2D eigenvalue weighted by atomic mass is 79.9. The number of aromatic nitrogens is 1. The van der Waals surface area contributed by atoms with E-state index in [0.29, 0.717) is 16.8 Å². The molecular formula is C18H18BrFN2O3. The van der Waals surface area contributed by atoms with Crippen molar-refractivity contribution in [3.63, 3.8) is 0 Å². The predicted octanol–water partition coefficient (Wildman–Crippen LogP) is 4.09. The molecule has 132 valence electrons. The summed E-state index contributed by atoms with van der Waals surface area (Å²) in [7, 11) is 0. The van der Waals surface area contributed by atoms with Crippen LogP contribution in [0.15, 0.2) is 41.0 Å². The van der Waals surface area contributed by atoms with Gasteiger partial charge in [0, 0.05) is 28.9 Å². The van der Waals surface area contributed by atoms with Crippen LogP contribution in [0.1, 0.15) is 22.4 Å². The van der Waals surface area contributed by atoms with Crippen LogP contribution in [0.3, 0.4) is 0 Å². The maximum atomic E-state index is 14.5. The Balaban J connectivity index is 2.16. The third-order valence-electron chi connectivity index (χ3n) is 3.66. The van der Waals surface area contributed by atoms with Crippen molar-refractivity contribution in [1.82, 2.24) is 9.88 Å². The molecule has 0 radical (unpaired) electrons. The minimum Gasteiger partial charge on any atom is -0.465 e. The number of carboxylic acid groups (broad SMARTS) is 1. The highest BCUT2D eigenvalue weighted by molar-refractivity contribution is 9.10. The molecule has 0 spiro atoms. The number of carbonyl (C=O) groups is 1. The normalized spacial score (nSPS) is 11.4. The summed E-state index contributed by atoms with van der Waals surface area (Å²) < 4.78 is 15.3. The average molecular weight is 409 g/mol. The fraction of sp³-hybridized carbons (Fsp3) is 0.222. The Hall–Kier alpha value is -2.25. The Bertz CT molecular complexity index is 778. The fourth-order valence-corrected chi connectivity index (χ4v) is 2.64. The number of rotatable bonds is 6. The lowest BCUT2D eigenvalue weighted by molar-refractivity contribution is 0.129. The standard InChI is InChI=1S/C18H18BrFN2O3/c1-12-15(3-2-4-16(12)19)17(20)9-14-6-5-13(10-21-14)11-22(7-8-23)18(24)25/h2-6,9-10,23H,7-8,11H2,1H3,(H,24,25). The molecule has 25 heavy (non-hydrogen) atoms. The molecule has 7 heteroatoms.